The Morgan fingerprint density at radius 3 is 2.86 bits per heavy atom. The average molecular weight is 325 g/mol. The molecule has 0 bridgehead atoms. The van der Waals surface area contributed by atoms with Crippen LogP contribution in [0.2, 0.25) is 0 Å². The van der Waals surface area contributed by atoms with Crippen LogP contribution in [0.4, 0.5) is 0 Å². The summed E-state index contributed by atoms with van der Waals surface area (Å²) in [6.45, 7) is 4.35. The van der Waals surface area contributed by atoms with Gasteiger partial charge in [-0.05, 0) is 19.8 Å². The topological polar surface area (TPSA) is 89.4 Å². The van der Waals surface area contributed by atoms with Crippen molar-refractivity contribution in [3.8, 4) is 11.5 Å². The Morgan fingerprint density at radius 2 is 2.18 bits per heavy atom. The number of hydrogen-bond acceptors (Lipinski definition) is 6. The molecule has 1 aliphatic heterocycles. The summed E-state index contributed by atoms with van der Waals surface area (Å²) in [4.78, 5) is 0. The standard InChI is InChI=1S/C14H19N3O4S/c1-3-12-15-16-14(21-12)11-8-13(20-9-11)22(18,19)17-7-5-4-6-10(17)2/h8-10H,3-7H2,1-2H3. The van der Waals surface area contributed by atoms with Crippen molar-refractivity contribution in [1.29, 1.82) is 0 Å². The number of aryl methyl sites for hydroxylation is 1. The summed E-state index contributed by atoms with van der Waals surface area (Å²) >= 11 is 0. The number of sulfonamides is 1. The molecule has 0 N–H and O–H groups in total. The highest BCUT2D eigenvalue weighted by atomic mass is 32.2. The summed E-state index contributed by atoms with van der Waals surface area (Å²) in [6, 6.07) is 1.44. The van der Waals surface area contributed by atoms with Crippen LogP contribution in [0.3, 0.4) is 0 Å². The molecule has 1 unspecified atom stereocenters. The van der Waals surface area contributed by atoms with Gasteiger partial charge in [-0.25, -0.2) is 8.42 Å². The molecule has 2 aromatic heterocycles. The minimum absolute atomic E-state index is 0.0117. The van der Waals surface area contributed by atoms with E-state index in [0.29, 0.717) is 24.4 Å². The van der Waals surface area contributed by atoms with Crippen LogP contribution in [0.25, 0.3) is 11.5 Å². The maximum atomic E-state index is 12.7. The van der Waals surface area contributed by atoms with Crippen molar-refractivity contribution < 1.29 is 17.3 Å². The molecule has 22 heavy (non-hydrogen) atoms. The van der Waals surface area contributed by atoms with Crippen LogP contribution in [0, 0.1) is 0 Å². The third kappa shape index (κ3) is 2.68. The Hall–Kier alpha value is -1.67. The van der Waals surface area contributed by atoms with Crippen LogP contribution in [0.15, 0.2) is 26.3 Å². The van der Waals surface area contributed by atoms with Gasteiger partial charge in [0.2, 0.25) is 11.0 Å². The lowest BCUT2D eigenvalue weighted by atomic mass is 10.1. The van der Waals surface area contributed by atoms with E-state index in [1.165, 1.54) is 16.6 Å². The van der Waals surface area contributed by atoms with Gasteiger partial charge in [0.05, 0.1) is 5.56 Å². The van der Waals surface area contributed by atoms with E-state index in [-0.39, 0.29) is 17.0 Å². The van der Waals surface area contributed by atoms with Crippen LogP contribution in [-0.4, -0.2) is 35.5 Å². The molecule has 8 heteroatoms. The number of furan rings is 1. The van der Waals surface area contributed by atoms with Crippen LogP contribution >= 0.6 is 0 Å². The molecule has 3 heterocycles. The maximum absolute atomic E-state index is 12.7. The average Bonchev–Trinajstić information content (AvgIpc) is 3.16. The molecule has 0 spiro atoms. The Balaban J connectivity index is 1.89. The Kier molecular flexibility index (Phi) is 4.05. The molecule has 0 saturated carbocycles. The molecule has 3 rings (SSSR count). The zero-order valence-corrected chi connectivity index (χ0v) is 13.5. The van der Waals surface area contributed by atoms with Crippen molar-refractivity contribution in [1.82, 2.24) is 14.5 Å². The van der Waals surface area contributed by atoms with E-state index in [1.807, 2.05) is 13.8 Å². The molecule has 1 saturated heterocycles. The maximum Gasteiger partial charge on any atom is 0.276 e. The first-order chi connectivity index (χ1) is 10.5. The van der Waals surface area contributed by atoms with Crippen LogP contribution in [0.5, 0.6) is 0 Å². The lowest BCUT2D eigenvalue weighted by molar-refractivity contribution is 0.262. The van der Waals surface area contributed by atoms with E-state index >= 15 is 0 Å². The van der Waals surface area contributed by atoms with Crippen LogP contribution in [0.1, 0.15) is 39.0 Å². The lowest BCUT2D eigenvalue weighted by Crippen LogP contribution is -2.41. The van der Waals surface area contributed by atoms with Crippen molar-refractivity contribution >= 4 is 10.0 Å². The van der Waals surface area contributed by atoms with Gasteiger partial charge in [-0.15, -0.1) is 10.2 Å². The van der Waals surface area contributed by atoms with Gasteiger partial charge in [0.15, 0.2) is 0 Å². The summed E-state index contributed by atoms with van der Waals surface area (Å²) in [7, 11) is -3.62. The fraction of sp³-hybridized carbons (Fsp3) is 0.571. The molecule has 2 aromatic rings. The van der Waals surface area contributed by atoms with Crippen molar-refractivity contribution in [3.05, 3.63) is 18.2 Å². The number of piperidine rings is 1. The Morgan fingerprint density at radius 1 is 1.36 bits per heavy atom. The van der Waals surface area contributed by atoms with Crippen molar-refractivity contribution in [2.75, 3.05) is 6.54 Å². The van der Waals surface area contributed by atoms with Gasteiger partial charge in [0.25, 0.3) is 15.9 Å². The first kappa shape index (κ1) is 15.2. The second-order valence-electron chi connectivity index (χ2n) is 5.47. The van der Waals surface area contributed by atoms with E-state index < -0.39 is 10.0 Å². The highest BCUT2D eigenvalue weighted by molar-refractivity contribution is 7.89. The Labute approximate surface area is 129 Å². The molecule has 0 aliphatic carbocycles. The third-order valence-electron chi connectivity index (χ3n) is 3.90. The lowest BCUT2D eigenvalue weighted by Gasteiger charge is -2.31. The van der Waals surface area contributed by atoms with Gasteiger partial charge in [-0.2, -0.15) is 4.31 Å². The van der Waals surface area contributed by atoms with E-state index in [0.717, 1.165) is 19.3 Å². The van der Waals surface area contributed by atoms with Crippen molar-refractivity contribution in [2.45, 2.75) is 50.7 Å². The summed E-state index contributed by atoms with van der Waals surface area (Å²) < 4.78 is 37.5. The van der Waals surface area contributed by atoms with E-state index in [4.69, 9.17) is 8.83 Å². The zero-order valence-electron chi connectivity index (χ0n) is 12.7. The molecular weight excluding hydrogens is 306 g/mol. The van der Waals surface area contributed by atoms with Crippen molar-refractivity contribution in [3.63, 3.8) is 0 Å². The molecule has 0 aromatic carbocycles. The number of aromatic nitrogens is 2. The van der Waals surface area contributed by atoms with Gasteiger partial charge in [-0.1, -0.05) is 13.3 Å². The monoisotopic (exact) mass is 325 g/mol. The smallest absolute Gasteiger partial charge is 0.276 e. The Bertz CT molecular complexity index is 750. The highest BCUT2D eigenvalue weighted by Gasteiger charge is 2.33. The minimum Gasteiger partial charge on any atom is -0.451 e. The summed E-state index contributed by atoms with van der Waals surface area (Å²) in [6.07, 6.45) is 4.77. The van der Waals surface area contributed by atoms with Crippen LogP contribution < -0.4 is 0 Å². The fourth-order valence-electron chi connectivity index (χ4n) is 2.62. The van der Waals surface area contributed by atoms with Gasteiger partial charge < -0.3 is 8.83 Å². The van der Waals surface area contributed by atoms with Gasteiger partial charge in [0, 0.05) is 25.1 Å². The second-order valence-corrected chi connectivity index (χ2v) is 7.29. The molecular formula is C14H19N3O4S. The summed E-state index contributed by atoms with van der Waals surface area (Å²) in [5.74, 6) is 0.777. The minimum atomic E-state index is -3.62. The van der Waals surface area contributed by atoms with E-state index in [1.54, 1.807) is 0 Å². The second kappa shape index (κ2) is 5.85. The van der Waals surface area contributed by atoms with Crippen LogP contribution in [-0.2, 0) is 16.4 Å². The first-order valence-corrected chi connectivity index (χ1v) is 8.89. The SMILES string of the molecule is CCc1nnc(-c2coc(S(=O)(=O)N3CCCCC3C)c2)o1. The third-order valence-corrected chi connectivity index (χ3v) is 5.78. The fourth-order valence-corrected chi connectivity index (χ4v) is 4.25. The molecule has 1 fully saturated rings. The normalized spacial score (nSPS) is 20.4. The highest BCUT2D eigenvalue weighted by Crippen LogP contribution is 2.29. The van der Waals surface area contributed by atoms with Gasteiger partial charge in [0.1, 0.15) is 6.26 Å². The molecule has 120 valence electrons. The summed E-state index contributed by atoms with van der Waals surface area (Å²) in [5, 5.41) is 7.68. The zero-order chi connectivity index (χ0) is 15.7. The van der Waals surface area contributed by atoms with Gasteiger partial charge in [-0.3, -0.25) is 0 Å². The van der Waals surface area contributed by atoms with E-state index in [9.17, 15) is 8.42 Å². The number of rotatable bonds is 4. The predicted molar refractivity (Wildman–Crippen MR) is 78.6 cm³/mol. The molecule has 1 aliphatic rings. The van der Waals surface area contributed by atoms with Crippen molar-refractivity contribution in [2.24, 2.45) is 0 Å². The molecule has 7 nitrogen and oxygen atoms in total. The first-order valence-electron chi connectivity index (χ1n) is 7.45. The number of hydrogen-bond donors (Lipinski definition) is 0. The quantitative estimate of drug-likeness (QED) is 0.858. The largest absolute Gasteiger partial charge is 0.451 e. The molecule has 0 radical (unpaired) electrons. The van der Waals surface area contributed by atoms with Gasteiger partial charge >= 0.3 is 0 Å². The number of nitrogens with zero attached hydrogens (tertiary/aromatic N) is 3. The summed E-state index contributed by atoms with van der Waals surface area (Å²) in [5.41, 5.74) is 0.482. The molecule has 0 amide bonds. The molecule has 1 atom stereocenters. The predicted octanol–water partition coefficient (Wildman–Crippen LogP) is 2.46. The van der Waals surface area contributed by atoms with E-state index in [2.05, 4.69) is 10.2 Å².